The Hall–Kier alpha value is -3.60. The van der Waals surface area contributed by atoms with Gasteiger partial charge in [0.05, 0.1) is 19.4 Å². The van der Waals surface area contributed by atoms with Gasteiger partial charge in [-0.15, -0.1) is 0 Å². The van der Waals surface area contributed by atoms with Crippen molar-refractivity contribution in [3.8, 4) is 16.9 Å². The lowest BCUT2D eigenvalue weighted by molar-refractivity contribution is -0.147. The zero-order valence-corrected chi connectivity index (χ0v) is 17.0. The molecule has 1 atom stereocenters. The number of esters is 1. The van der Waals surface area contributed by atoms with Crippen molar-refractivity contribution in [3.05, 3.63) is 89.5 Å². The van der Waals surface area contributed by atoms with Crippen molar-refractivity contribution in [2.45, 2.75) is 25.9 Å². The van der Waals surface area contributed by atoms with Gasteiger partial charge in [-0.1, -0.05) is 60.2 Å². The number of benzene rings is 3. The van der Waals surface area contributed by atoms with Gasteiger partial charge in [-0.2, -0.15) is 0 Å². The normalized spacial score (nSPS) is 11.5. The molecule has 5 nitrogen and oxygen atoms in total. The Balaban J connectivity index is 1.66. The van der Waals surface area contributed by atoms with Crippen molar-refractivity contribution in [1.29, 1.82) is 0 Å². The van der Waals surface area contributed by atoms with Gasteiger partial charge >= 0.3 is 11.9 Å². The summed E-state index contributed by atoms with van der Waals surface area (Å²) in [4.78, 5) is 22.9. The number of hydrogen-bond acceptors (Lipinski definition) is 4. The second kappa shape index (κ2) is 9.74. The first kappa shape index (κ1) is 21.1. The predicted octanol–water partition coefficient (Wildman–Crippen LogP) is 4.97. The molecule has 0 bridgehead atoms. The second-order valence-electron chi connectivity index (χ2n) is 7.10. The Bertz CT molecular complexity index is 1010. The smallest absolute Gasteiger partial charge is 0.311 e. The van der Waals surface area contributed by atoms with E-state index in [2.05, 4.69) is 48.1 Å². The van der Waals surface area contributed by atoms with E-state index in [1.807, 2.05) is 12.1 Å². The molecule has 0 amide bonds. The van der Waals surface area contributed by atoms with Gasteiger partial charge in [0.15, 0.2) is 0 Å². The first-order valence-electron chi connectivity index (χ1n) is 9.64. The summed E-state index contributed by atoms with van der Waals surface area (Å²) in [5, 5.41) is 9.39. The Kier molecular flexibility index (Phi) is 6.86. The number of aryl methyl sites for hydroxylation is 1. The molecule has 3 aromatic carbocycles. The van der Waals surface area contributed by atoms with Crippen molar-refractivity contribution < 1.29 is 24.2 Å². The van der Waals surface area contributed by atoms with Gasteiger partial charge in [0.2, 0.25) is 0 Å². The van der Waals surface area contributed by atoms with Crippen LogP contribution in [-0.2, 0) is 20.9 Å². The standard InChI is InChI=1S/C25H24O5/c1-17-6-8-19(9-7-17)21-5-3-4-18(14-21)16-30-22-12-10-20(11-13-22)23(25(27)28)15-24(26)29-2/h3-14,23H,15-16H2,1-2H3,(H,27,28)/t23-/m0/s1. The van der Waals surface area contributed by atoms with Crippen molar-refractivity contribution >= 4 is 11.9 Å². The van der Waals surface area contributed by atoms with E-state index in [1.54, 1.807) is 24.3 Å². The maximum absolute atomic E-state index is 11.5. The molecule has 3 aromatic rings. The third-order valence-electron chi connectivity index (χ3n) is 4.90. The zero-order chi connectivity index (χ0) is 21.5. The molecule has 0 saturated heterocycles. The largest absolute Gasteiger partial charge is 0.489 e. The van der Waals surface area contributed by atoms with Crippen LogP contribution in [0.25, 0.3) is 11.1 Å². The third kappa shape index (κ3) is 5.47. The van der Waals surface area contributed by atoms with Gasteiger partial charge in [0.1, 0.15) is 12.4 Å². The number of carboxylic acid groups (broad SMARTS) is 1. The molecular formula is C25H24O5. The van der Waals surface area contributed by atoms with Gasteiger partial charge in [0.25, 0.3) is 0 Å². The Morgan fingerprint density at radius 2 is 1.63 bits per heavy atom. The average molecular weight is 404 g/mol. The fourth-order valence-electron chi connectivity index (χ4n) is 3.15. The molecule has 0 radical (unpaired) electrons. The first-order chi connectivity index (χ1) is 14.5. The fraction of sp³-hybridized carbons (Fsp3) is 0.200. The van der Waals surface area contributed by atoms with Crippen LogP contribution in [0.15, 0.2) is 72.8 Å². The Morgan fingerprint density at radius 3 is 2.27 bits per heavy atom. The number of carbonyl (C=O) groups is 2. The van der Waals surface area contributed by atoms with Crippen LogP contribution in [0.2, 0.25) is 0 Å². The van der Waals surface area contributed by atoms with Crippen molar-refractivity contribution in [2.75, 3.05) is 7.11 Å². The lowest BCUT2D eigenvalue weighted by Gasteiger charge is -2.13. The molecule has 0 saturated carbocycles. The Labute approximate surface area is 175 Å². The SMILES string of the molecule is COC(=O)C[C@H](C(=O)O)c1ccc(OCc2cccc(-c3ccc(C)cc3)c2)cc1. The summed E-state index contributed by atoms with van der Waals surface area (Å²) < 4.78 is 10.4. The summed E-state index contributed by atoms with van der Waals surface area (Å²) in [6.07, 6.45) is -0.210. The van der Waals surface area contributed by atoms with Gasteiger partial charge in [-0.25, -0.2) is 0 Å². The van der Waals surface area contributed by atoms with Gasteiger partial charge in [-0.05, 0) is 47.4 Å². The number of carbonyl (C=O) groups excluding carboxylic acids is 1. The van der Waals surface area contributed by atoms with E-state index < -0.39 is 17.9 Å². The summed E-state index contributed by atoms with van der Waals surface area (Å²) in [6.45, 7) is 2.46. The van der Waals surface area contributed by atoms with Crippen LogP contribution in [0.4, 0.5) is 0 Å². The van der Waals surface area contributed by atoms with Gasteiger partial charge < -0.3 is 14.6 Å². The highest BCUT2D eigenvalue weighted by atomic mass is 16.5. The number of aliphatic carboxylic acids is 1. The lowest BCUT2D eigenvalue weighted by Crippen LogP contribution is -2.17. The number of methoxy groups -OCH3 is 1. The minimum absolute atomic E-state index is 0.210. The monoisotopic (exact) mass is 404 g/mol. The average Bonchev–Trinajstić information content (AvgIpc) is 2.77. The predicted molar refractivity (Wildman–Crippen MR) is 114 cm³/mol. The number of ether oxygens (including phenoxy) is 2. The second-order valence-corrected chi connectivity index (χ2v) is 7.10. The van der Waals surface area contributed by atoms with Crippen LogP contribution >= 0.6 is 0 Å². The summed E-state index contributed by atoms with van der Waals surface area (Å²) in [7, 11) is 1.24. The molecule has 30 heavy (non-hydrogen) atoms. The van der Waals surface area contributed by atoms with Crippen LogP contribution in [0.5, 0.6) is 5.75 Å². The topological polar surface area (TPSA) is 72.8 Å². The van der Waals surface area contributed by atoms with Crippen LogP contribution < -0.4 is 4.74 Å². The molecule has 0 aliphatic rings. The highest BCUT2D eigenvalue weighted by Gasteiger charge is 2.23. The van der Waals surface area contributed by atoms with E-state index in [4.69, 9.17) is 4.74 Å². The highest BCUT2D eigenvalue weighted by molar-refractivity contribution is 5.83. The van der Waals surface area contributed by atoms with E-state index in [9.17, 15) is 14.7 Å². The molecule has 0 spiro atoms. The summed E-state index contributed by atoms with van der Waals surface area (Å²) >= 11 is 0. The minimum atomic E-state index is -1.07. The number of hydrogen-bond donors (Lipinski definition) is 1. The molecular weight excluding hydrogens is 380 g/mol. The maximum atomic E-state index is 11.5. The van der Waals surface area contributed by atoms with Crippen LogP contribution in [-0.4, -0.2) is 24.2 Å². The van der Waals surface area contributed by atoms with Gasteiger partial charge in [-0.3, -0.25) is 9.59 Å². The van der Waals surface area contributed by atoms with Crippen molar-refractivity contribution in [2.24, 2.45) is 0 Å². The molecule has 1 N–H and O–H groups in total. The molecule has 0 aromatic heterocycles. The quantitative estimate of drug-likeness (QED) is 0.537. The van der Waals surface area contributed by atoms with E-state index in [0.717, 1.165) is 16.7 Å². The molecule has 5 heteroatoms. The van der Waals surface area contributed by atoms with Crippen molar-refractivity contribution in [1.82, 2.24) is 0 Å². The van der Waals surface area contributed by atoms with E-state index in [0.29, 0.717) is 17.9 Å². The molecule has 0 heterocycles. The van der Waals surface area contributed by atoms with Crippen LogP contribution in [0.1, 0.15) is 29.0 Å². The van der Waals surface area contributed by atoms with Crippen LogP contribution in [0.3, 0.4) is 0 Å². The summed E-state index contributed by atoms with van der Waals surface area (Å²) in [5.41, 5.74) is 5.06. The van der Waals surface area contributed by atoms with Crippen LogP contribution in [0, 0.1) is 6.92 Å². The van der Waals surface area contributed by atoms with Gasteiger partial charge in [0, 0.05) is 0 Å². The van der Waals surface area contributed by atoms with Crippen molar-refractivity contribution in [3.63, 3.8) is 0 Å². The fourth-order valence-corrected chi connectivity index (χ4v) is 3.15. The molecule has 0 aliphatic carbocycles. The maximum Gasteiger partial charge on any atom is 0.311 e. The molecule has 3 rings (SSSR count). The Morgan fingerprint density at radius 1 is 0.933 bits per heavy atom. The molecule has 154 valence electrons. The first-order valence-corrected chi connectivity index (χ1v) is 9.64. The van der Waals surface area contributed by atoms with E-state index in [1.165, 1.54) is 12.7 Å². The lowest BCUT2D eigenvalue weighted by atomic mass is 9.96. The third-order valence-corrected chi connectivity index (χ3v) is 4.90. The minimum Gasteiger partial charge on any atom is -0.489 e. The number of rotatable bonds is 8. The molecule has 0 fully saturated rings. The van der Waals surface area contributed by atoms with E-state index in [-0.39, 0.29) is 6.42 Å². The number of carboxylic acids is 1. The van der Waals surface area contributed by atoms with E-state index >= 15 is 0 Å². The summed E-state index contributed by atoms with van der Waals surface area (Å²) in [5.74, 6) is -1.95. The molecule has 0 unspecified atom stereocenters. The summed E-state index contributed by atoms with van der Waals surface area (Å²) in [6, 6.07) is 23.3. The zero-order valence-electron chi connectivity index (χ0n) is 17.0. The highest BCUT2D eigenvalue weighted by Crippen LogP contribution is 2.25. The molecule has 0 aliphatic heterocycles.